The van der Waals surface area contributed by atoms with Gasteiger partial charge < -0.3 is 4.90 Å². The molecule has 28 heavy (non-hydrogen) atoms. The fourth-order valence-electron chi connectivity index (χ4n) is 4.08. The van der Waals surface area contributed by atoms with Gasteiger partial charge in [-0.15, -0.1) is 0 Å². The maximum absolute atomic E-state index is 13.4. The lowest BCUT2D eigenvalue weighted by molar-refractivity contribution is 0.0763. The number of aromatic nitrogens is 3. The number of amides is 1. The van der Waals surface area contributed by atoms with Crippen LogP contribution in [0.25, 0.3) is 11.0 Å². The average Bonchev–Trinajstić information content (AvgIpc) is 2.85. The van der Waals surface area contributed by atoms with E-state index in [0.29, 0.717) is 0 Å². The molecule has 0 spiro atoms. The van der Waals surface area contributed by atoms with Gasteiger partial charge in [0.15, 0.2) is 5.65 Å². The average molecular weight is 377 g/mol. The van der Waals surface area contributed by atoms with Crippen LogP contribution in [0.2, 0.25) is 0 Å². The standard InChI is InChI=1S/C22H27N5O/c1-16-14-19(20-17(2)24-25(3)21(20)23-16)22(28)27-11-7-10-26(12-13-27)15-18-8-5-4-6-9-18/h4-6,8-9,14H,7,10-13,15H2,1-3H3. The predicted molar refractivity (Wildman–Crippen MR) is 110 cm³/mol. The third kappa shape index (κ3) is 3.64. The van der Waals surface area contributed by atoms with Crippen molar-refractivity contribution in [2.75, 3.05) is 26.2 Å². The van der Waals surface area contributed by atoms with Crippen molar-refractivity contribution >= 4 is 16.9 Å². The summed E-state index contributed by atoms with van der Waals surface area (Å²) in [5.74, 6) is 0.0909. The lowest BCUT2D eigenvalue weighted by Crippen LogP contribution is -2.35. The molecule has 1 saturated heterocycles. The molecule has 0 bridgehead atoms. The van der Waals surface area contributed by atoms with Crippen LogP contribution < -0.4 is 0 Å². The number of hydrogen-bond donors (Lipinski definition) is 0. The molecule has 0 atom stereocenters. The van der Waals surface area contributed by atoms with Gasteiger partial charge in [-0.2, -0.15) is 5.10 Å². The quantitative estimate of drug-likeness (QED) is 0.704. The minimum atomic E-state index is 0.0909. The Hall–Kier alpha value is -2.73. The lowest BCUT2D eigenvalue weighted by Gasteiger charge is -2.22. The lowest BCUT2D eigenvalue weighted by atomic mass is 10.1. The van der Waals surface area contributed by atoms with Crippen LogP contribution >= 0.6 is 0 Å². The molecule has 3 heterocycles. The highest BCUT2D eigenvalue weighted by atomic mass is 16.2. The Morgan fingerprint density at radius 1 is 1.07 bits per heavy atom. The number of pyridine rings is 1. The molecule has 0 aliphatic carbocycles. The van der Waals surface area contributed by atoms with Gasteiger partial charge in [-0.3, -0.25) is 14.4 Å². The molecule has 0 radical (unpaired) electrons. The fourth-order valence-corrected chi connectivity index (χ4v) is 4.08. The monoisotopic (exact) mass is 377 g/mol. The van der Waals surface area contributed by atoms with E-state index in [-0.39, 0.29) is 5.91 Å². The molecule has 1 aliphatic rings. The Bertz CT molecular complexity index is 995. The summed E-state index contributed by atoms with van der Waals surface area (Å²) >= 11 is 0. The number of nitrogens with zero attached hydrogens (tertiary/aromatic N) is 5. The van der Waals surface area contributed by atoms with Crippen molar-refractivity contribution in [1.82, 2.24) is 24.6 Å². The highest BCUT2D eigenvalue weighted by Gasteiger charge is 2.24. The first kappa shape index (κ1) is 18.6. The van der Waals surface area contributed by atoms with Crippen molar-refractivity contribution < 1.29 is 4.79 Å². The van der Waals surface area contributed by atoms with E-state index in [4.69, 9.17) is 0 Å². The summed E-state index contributed by atoms with van der Waals surface area (Å²) in [6, 6.07) is 12.4. The Balaban J connectivity index is 1.54. The SMILES string of the molecule is Cc1cc(C(=O)N2CCCN(Cc3ccccc3)CC2)c2c(C)nn(C)c2n1. The van der Waals surface area contributed by atoms with Crippen LogP contribution in [0, 0.1) is 13.8 Å². The molecule has 0 saturated carbocycles. The van der Waals surface area contributed by atoms with Crippen LogP contribution in [0.1, 0.15) is 33.7 Å². The van der Waals surface area contributed by atoms with Crippen LogP contribution in [-0.4, -0.2) is 56.7 Å². The number of carbonyl (C=O) groups excluding carboxylic acids is 1. The maximum atomic E-state index is 13.4. The molecule has 6 heteroatoms. The van der Waals surface area contributed by atoms with E-state index < -0.39 is 0 Å². The second kappa shape index (κ2) is 7.72. The Morgan fingerprint density at radius 2 is 1.86 bits per heavy atom. The molecule has 3 aromatic rings. The third-order valence-electron chi connectivity index (χ3n) is 5.45. The number of rotatable bonds is 3. The normalized spacial score (nSPS) is 15.8. The summed E-state index contributed by atoms with van der Waals surface area (Å²) < 4.78 is 1.76. The molecule has 6 nitrogen and oxygen atoms in total. The molecule has 1 fully saturated rings. The predicted octanol–water partition coefficient (Wildman–Crippen LogP) is 2.93. The van der Waals surface area contributed by atoms with E-state index in [1.807, 2.05) is 37.9 Å². The van der Waals surface area contributed by atoms with Crippen LogP contribution in [0.15, 0.2) is 36.4 Å². The van der Waals surface area contributed by atoms with Crippen LogP contribution in [0.4, 0.5) is 0 Å². The number of hydrogen-bond acceptors (Lipinski definition) is 4. The third-order valence-corrected chi connectivity index (χ3v) is 5.45. The topological polar surface area (TPSA) is 54.3 Å². The van der Waals surface area contributed by atoms with Crippen molar-refractivity contribution in [2.45, 2.75) is 26.8 Å². The number of carbonyl (C=O) groups is 1. The zero-order chi connectivity index (χ0) is 19.7. The first-order valence-corrected chi connectivity index (χ1v) is 9.89. The van der Waals surface area contributed by atoms with E-state index in [2.05, 4.69) is 39.2 Å². The summed E-state index contributed by atoms with van der Waals surface area (Å²) in [7, 11) is 1.88. The van der Waals surface area contributed by atoms with Gasteiger partial charge >= 0.3 is 0 Å². The summed E-state index contributed by atoms with van der Waals surface area (Å²) in [5, 5.41) is 5.35. The van der Waals surface area contributed by atoms with E-state index in [1.165, 1.54) is 5.56 Å². The van der Waals surface area contributed by atoms with Crippen molar-refractivity contribution in [3.8, 4) is 0 Å². The van der Waals surface area contributed by atoms with Crippen molar-refractivity contribution in [1.29, 1.82) is 0 Å². The van der Waals surface area contributed by atoms with Crippen LogP contribution in [0.5, 0.6) is 0 Å². The van der Waals surface area contributed by atoms with Gasteiger partial charge in [0, 0.05) is 45.5 Å². The van der Waals surface area contributed by atoms with Crippen LogP contribution in [0.3, 0.4) is 0 Å². The molecular weight excluding hydrogens is 350 g/mol. The zero-order valence-corrected chi connectivity index (χ0v) is 16.9. The number of fused-ring (bicyclic) bond motifs is 1. The van der Waals surface area contributed by atoms with Gasteiger partial charge in [0.1, 0.15) is 0 Å². The molecule has 146 valence electrons. The summed E-state index contributed by atoms with van der Waals surface area (Å²) in [5.41, 5.74) is 4.53. The number of aryl methyl sites for hydroxylation is 3. The van der Waals surface area contributed by atoms with Gasteiger partial charge in [0.2, 0.25) is 0 Å². The molecule has 1 aliphatic heterocycles. The Morgan fingerprint density at radius 3 is 2.64 bits per heavy atom. The van der Waals surface area contributed by atoms with Crippen molar-refractivity contribution in [3.05, 3.63) is 58.9 Å². The molecule has 0 N–H and O–H groups in total. The molecule has 1 amide bonds. The molecule has 2 aromatic heterocycles. The Kier molecular flexibility index (Phi) is 5.13. The van der Waals surface area contributed by atoms with Gasteiger partial charge in [0.05, 0.1) is 16.6 Å². The van der Waals surface area contributed by atoms with Crippen molar-refractivity contribution in [2.24, 2.45) is 7.05 Å². The zero-order valence-electron chi connectivity index (χ0n) is 16.9. The highest BCUT2D eigenvalue weighted by Crippen LogP contribution is 2.23. The Labute approximate surface area is 165 Å². The molecule has 4 rings (SSSR count). The van der Waals surface area contributed by atoms with Gasteiger partial charge in [-0.05, 0) is 31.9 Å². The smallest absolute Gasteiger partial charge is 0.254 e. The highest BCUT2D eigenvalue weighted by molar-refractivity contribution is 6.06. The second-order valence-electron chi connectivity index (χ2n) is 7.63. The van der Waals surface area contributed by atoms with Crippen LogP contribution in [-0.2, 0) is 13.6 Å². The largest absolute Gasteiger partial charge is 0.337 e. The minimum absolute atomic E-state index is 0.0909. The first-order valence-electron chi connectivity index (χ1n) is 9.89. The first-order chi connectivity index (χ1) is 13.5. The molecule has 0 unspecified atom stereocenters. The van der Waals surface area contributed by atoms with Gasteiger partial charge in [-0.25, -0.2) is 4.98 Å². The van der Waals surface area contributed by atoms with Gasteiger partial charge in [-0.1, -0.05) is 30.3 Å². The second-order valence-corrected chi connectivity index (χ2v) is 7.63. The fraction of sp³-hybridized carbons (Fsp3) is 0.409. The van der Waals surface area contributed by atoms with E-state index in [1.54, 1.807) is 4.68 Å². The molecule has 1 aromatic carbocycles. The van der Waals surface area contributed by atoms with E-state index in [9.17, 15) is 4.79 Å². The maximum Gasteiger partial charge on any atom is 0.254 e. The van der Waals surface area contributed by atoms with E-state index >= 15 is 0 Å². The summed E-state index contributed by atoms with van der Waals surface area (Å²) in [6.07, 6.45) is 0.984. The minimum Gasteiger partial charge on any atom is -0.337 e. The summed E-state index contributed by atoms with van der Waals surface area (Å²) in [4.78, 5) is 22.4. The number of benzene rings is 1. The van der Waals surface area contributed by atoms with Gasteiger partial charge in [0.25, 0.3) is 5.91 Å². The molecular formula is C22H27N5O. The van der Waals surface area contributed by atoms with E-state index in [0.717, 1.165) is 67.1 Å². The van der Waals surface area contributed by atoms with Crippen molar-refractivity contribution in [3.63, 3.8) is 0 Å². The summed E-state index contributed by atoms with van der Waals surface area (Å²) in [6.45, 7) is 8.24.